The number of aromatic nitrogens is 3. The molecule has 0 aliphatic carbocycles. The van der Waals surface area contributed by atoms with E-state index in [-0.39, 0.29) is 49.9 Å². The third-order valence-corrected chi connectivity index (χ3v) is 4.55. The van der Waals surface area contributed by atoms with Gasteiger partial charge in [-0.05, 0) is 37.5 Å². The van der Waals surface area contributed by atoms with Gasteiger partial charge >= 0.3 is 0 Å². The molecule has 0 spiro atoms. The smallest absolute Gasteiger partial charge is 0.269 e. The van der Waals surface area contributed by atoms with E-state index < -0.39 is 0 Å². The molecule has 2 aromatic heterocycles. The first-order valence-electron chi connectivity index (χ1n) is 10.7. The molecule has 11 nitrogen and oxygen atoms in total. The summed E-state index contributed by atoms with van der Waals surface area (Å²) in [6.07, 6.45) is 8.84. The number of nitrogens with one attached hydrogen (secondary N) is 2. The van der Waals surface area contributed by atoms with Gasteiger partial charge in [0, 0.05) is 25.9 Å². The number of carbonyl (C=O) groups is 4. The Hall–Kier alpha value is -3.70. The molecule has 0 radical (unpaired) electrons. The third-order valence-electron chi connectivity index (χ3n) is 4.55. The number of allylic oxidation sites excluding steroid dienone is 1. The fourth-order valence-corrected chi connectivity index (χ4v) is 2.65. The van der Waals surface area contributed by atoms with Crippen LogP contribution in [0.2, 0.25) is 0 Å². The number of ketones is 2. The topological polar surface area (TPSA) is 142 Å². The van der Waals surface area contributed by atoms with Crippen molar-refractivity contribution in [1.82, 2.24) is 25.4 Å². The van der Waals surface area contributed by atoms with Crippen LogP contribution in [0.3, 0.4) is 0 Å². The molecule has 2 aromatic rings. The molecule has 34 heavy (non-hydrogen) atoms. The zero-order chi connectivity index (χ0) is 24.8. The zero-order valence-electron chi connectivity index (χ0n) is 19.3. The van der Waals surface area contributed by atoms with Crippen LogP contribution in [0.4, 0.5) is 0 Å². The van der Waals surface area contributed by atoms with Crippen LogP contribution in [-0.4, -0.2) is 65.1 Å². The minimum atomic E-state index is -0.343. The van der Waals surface area contributed by atoms with E-state index in [1.807, 2.05) is 0 Å². The molecule has 0 aromatic carbocycles. The van der Waals surface area contributed by atoms with Crippen molar-refractivity contribution in [2.24, 2.45) is 0 Å². The largest absolute Gasteiger partial charge is 0.373 e. The molecule has 2 rings (SSSR count). The van der Waals surface area contributed by atoms with Gasteiger partial charge in [0.1, 0.15) is 25.8 Å². The molecule has 0 atom stereocenters. The zero-order valence-corrected chi connectivity index (χ0v) is 19.3. The summed E-state index contributed by atoms with van der Waals surface area (Å²) in [6, 6.07) is 3.43. The van der Waals surface area contributed by atoms with E-state index in [0.717, 1.165) is 5.56 Å². The fourth-order valence-electron chi connectivity index (χ4n) is 2.65. The summed E-state index contributed by atoms with van der Waals surface area (Å²) >= 11 is 0. The Morgan fingerprint density at radius 2 is 1.97 bits per heavy atom. The average Bonchev–Trinajstić information content (AvgIpc) is 3.31. The van der Waals surface area contributed by atoms with Gasteiger partial charge < -0.3 is 20.1 Å². The van der Waals surface area contributed by atoms with Gasteiger partial charge in [0.25, 0.3) is 5.91 Å². The van der Waals surface area contributed by atoms with Crippen LogP contribution in [0.5, 0.6) is 0 Å². The van der Waals surface area contributed by atoms with Crippen molar-refractivity contribution in [3.05, 3.63) is 59.7 Å². The molecule has 0 aliphatic rings. The van der Waals surface area contributed by atoms with Gasteiger partial charge in [0.05, 0.1) is 18.4 Å². The van der Waals surface area contributed by atoms with Crippen molar-refractivity contribution in [3.63, 3.8) is 0 Å². The van der Waals surface area contributed by atoms with Crippen molar-refractivity contribution in [3.8, 4) is 0 Å². The highest BCUT2D eigenvalue weighted by Crippen LogP contribution is 2.02. The third kappa shape index (κ3) is 9.84. The SMILES string of the molecule is CNC(=O)c1ccc(CCOCC(=O)CC/C=C/C(=O)NCOCn2cc(C(C)=O)cn2)cn1. The molecule has 2 heterocycles. The molecule has 0 saturated heterocycles. The van der Waals surface area contributed by atoms with Gasteiger partial charge in [-0.25, -0.2) is 4.68 Å². The second-order valence-corrected chi connectivity index (χ2v) is 7.26. The number of hydrogen-bond donors (Lipinski definition) is 2. The van der Waals surface area contributed by atoms with Crippen LogP contribution in [0.15, 0.2) is 42.9 Å². The van der Waals surface area contributed by atoms with E-state index >= 15 is 0 Å². The lowest BCUT2D eigenvalue weighted by Crippen LogP contribution is -2.24. The van der Waals surface area contributed by atoms with E-state index in [1.54, 1.807) is 37.7 Å². The van der Waals surface area contributed by atoms with Gasteiger partial charge in [0.15, 0.2) is 11.6 Å². The summed E-state index contributed by atoms with van der Waals surface area (Å²) in [4.78, 5) is 50.3. The van der Waals surface area contributed by atoms with E-state index in [4.69, 9.17) is 9.47 Å². The Balaban J connectivity index is 1.51. The lowest BCUT2D eigenvalue weighted by atomic mass is 10.2. The maximum atomic E-state index is 11.9. The Labute approximate surface area is 197 Å². The number of nitrogens with zero attached hydrogens (tertiary/aromatic N) is 3. The monoisotopic (exact) mass is 471 g/mol. The summed E-state index contributed by atoms with van der Waals surface area (Å²) < 4.78 is 12.1. The Kier molecular flexibility index (Phi) is 11.3. The number of carbonyl (C=O) groups excluding carboxylic acids is 4. The van der Waals surface area contributed by atoms with E-state index in [9.17, 15) is 19.2 Å². The Morgan fingerprint density at radius 1 is 1.15 bits per heavy atom. The second kappa shape index (κ2) is 14.4. The van der Waals surface area contributed by atoms with E-state index in [1.165, 1.54) is 23.9 Å². The van der Waals surface area contributed by atoms with Crippen molar-refractivity contribution in [2.75, 3.05) is 27.0 Å². The number of amides is 2. The molecular formula is C23H29N5O6. The van der Waals surface area contributed by atoms with Crippen molar-refractivity contribution in [1.29, 1.82) is 0 Å². The minimum Gasteiger partial charge on any atom is -0.373 e. The van der Waals surface area contributed by atoms with Gasteiger partial charge in [-0.15, -0.1) is 0 Å². The maximum Gasteiger partial charge on any atom is 0.269 e. The lowest BCUT2D eigenvalue weighted by molar-refractivity contribution is -0.123. The lowest BCUT2D eigenvalue weighted by Gasteiger charge is -2.05. The molecule has 0 aliphatic heterocycles. The second-order valence-electron chi connectivity index (χ2n) is 7.26. The standard InChI is InChI=1S/C23H29N5O6/c1-17(29)19-12-27-28(13-19)16-34-15-26-22(31)6-4-3-5-20(30)14-33-10-9-18-7-8-21(25-11-18)23(32)24-2/h4,6-8,11-13H,3,5,9-10,14-16H2,1-2H3,(H,24,32)(H,26,31)/b6-4+. The van der Waals surface area contributed by atoms with Crippen LogP contribution in [0, 0.1) is 0 Å². The summed E-state index contributed by atoms with van der Waals surface area (Å²) in [6.45, 7) is 1.89. The average molecular weight is 472 g/mol. The molecular weight excluding hydrogens is 442 g/mol. The molecule has 0 fully saturated rings. The number of ether oxygens (including phenoxy) is 2. The number of rotatable bonds is 15. The number of Topliss-reactive ketones (excluding diaryl/α,β-unsaturated/α-hetero) is 2. The predicted octanol–water partition coefficient (Wildman–Crippen LogP) is 1.05. The molecule has 0 bridgehead atoms. The van der Waals surface area contributed by atoms with Gasteiger partial charge in [-0.1, -0.05) is 12.1 Å². The maximum absolute atomic E-state index is 11.9. The van der Waals surface area contributed by atoms with Crippen molar-refractivity contribution < 1.29 is 28.7 Å². The molecule has 0 saturated carbocycles. The molecule has 2 N–H and O–H groups in total. The highest BCUT2D eigenvalue weighted by molar-refractivity contribution is 5.93. The molecule has 0 unspecified atom stereocenters. The summed E-state index contributed by atoms with van der Waals surface area (Å²) in [7, 11) is 1.54. The van der Waals surface area contributed by atoms with Gasteiger partial charge in [-0.2, -0.15) is 5.10 Å². The van der Waals surface area contributed by atoms with Crippen LogP contribution >= 0.6 is 0 Å². The first-order chi connectivity index (χ1) is 16.4. The highest BCUT2D eigenvalue weighted by Gasteiger charge is 2.06. The summed E-state index contributed by atoms with van der Waals surface area (Å²) in [5, 5.41) is 9.02. The summed E-state index contributed by atoms with van der Waals surface area (Å²) in [5.41, 5.74) is 1.74. The normalized spacial score (nSPS) is 10.9. The van der Waals surface area contributed by atoms with Crippen LogP contribution < -0.4 is 10.6 Å². The highest BCUT2D eigenvalue weighted by atomic mass is 16.5. The minimum absolute atomic E-state index is 0.00357. The van der Waals surface area contributed by atoms with Crippen molar-refractivity contribution in [2.45, 2.75) is 32.9 Å². The van der Waals surface area contributed by atoms with Gasteiger partial charge in [-0.3, -0.25) is 24.2 Å². The fraction of sp³-hybridized carbons (Fsp3) is 0.391. The first-order valence-corrected chi connectivity index (χ1v) is 10.7. The number of pyridine rings is 1. The quantitative estimate of drug-likeness (QED) is 0.170. The van der Waals surface area contributed by atoms with Crippen molar-refractivity contribution >= 4 is 23.4 Å². The first kappa shape index (κ1) is 26.6. The van der Waals surface area contributed by atoms with Gasteiger partial charge in [0.2, 0.25) is 5.91 Å². The van der Waals surface area contributed by atoms with E-state index in [0.29, 0.717) is 30.7 Å². The molecule has 2 amide bonds. The van der Waals surface area contributed by atoms with Crippen LogP contribution in [-0.2, 0) is 32.2 Å². The Bertz CT molecular complexity index is 1000. The summed E-state index contributed by atoms with van der Waals surface area (Å²) in [5.74, 6) is -0.739. The van der Waals surface area contributed by atoms with Crippen LogP contribution in [0.1, 0.15) is 46.2 Å². The van der Waals surface area contributed by atoms with E-state index in [2.05, 4.69) is 20.7 Å². The predicted molar refractivity (Wildman–Crippen MR) is 122 cm³/mol. The van der Waals surface area contributed by atoms with Crippen LogP contribution in [0.25, 0.3) is 0 Å². The Morgan fingerprint density at radius 3 is 2.65 bits per heavy atom. The molecule has 11 heteroatoms. The number of hydrogen-bond acceptors (Lipinski definition) is 8. The molecule has 182 valence electrons.